The third-order valence-corrected chi connectivity index (χ3v) is 0.870. The first-order chi connectivity index (χ1) is 4.33. The van der Waals surface area contributed by atoms with E-state index in [2.05, 4.69) is 10.4 Å². The van der Waals surface area contributed by atoms with Gasteiger partial charge in [-0.15, -0.1) is 0 Å². The van der Waals surface area contributed by atoms with Gasteiger partial charge in [-0.2, -0.15) is 0 Å². The fourth-order valence-corrected chi connectivity index (χ4v) is 0.484. The molecule has 0 aliphatic heterocycles. The van der Waals surface area contributed by atoms with Crippen molar-refractivity contribution in [2.45, 2.75) is 0 Å². The molecule has 3 N–H and O–H groups in total. The highest BCUT2D eigenvalue weighted by atomic mass is 19.1. The number of nitrogens with two attached hydrogens (primary N) is 1. The molecule has 0 aromatic carbocycles. The van der Waals surface area contributed by atoms with E-state index in [9.17, 15) is 4.39 Å². The largest absolute Gasteiger partial charge is 0.308 e. The summed E-state index contributed by atoms with van der Waals surface area (Å²) in [6.07, 6.45) is 1.34. The number of nitrogen functional groups attached to an aromatic ring is 1. The molecular formula is C5H6FN3. The number of hydrogen-bond donors (Lipinski definition) is 2. The smallest absolute Gasteiger partial charge is 0.142 e. The lowest BCUT2D eigenvalue weighted by Gasteiger charge is -1.94. The van der Waals surface area contributed by atoms with Crippen molar-refractivity contribution in [3.63, 3.8) is 0 Å². The standard InChI is InChI=1S/C5H6FN3/c6-4-1-2-8-5(3-4)9-7/h1-3H,7H2,(H,8,9). The van der Waals surface area contributed by atoms with Gasteiger partial charge >= 0.3 is 0 Å². The molecule has 0 amide bonds. The van der Waals surface area contributed by atoms with E-state index < -0.39 is 0 Å². The van der Waals surface area contributed by atoms with Gasteiger partial charge in [0.15, 0.2) is 0 Å². The fraction of sp³-hybridized carbons (Fsp3) is 0. The highest BCUT2D eigenvalue weighted by molar-refractivity contribution is 5.31. The van der Waals surface area contributed by atoms with E-state index in [1.165, 1.54) is 18.3 Å². The molecule has 4 heteroatoms. The highest BCUT2D eigenvalue weighted by Crippen LogP contribution is 2.01. The van der Waals surface area contributed by atoms with Crippen LogP contribution < -0.4 is 11.3 Å². The van der Waals surface area contributed by atoms with E-state index in [0.29, 0.717) is 5.82 Å². The first-order valence-corrected chi connectivity index (χ1v) is 2.41. The summed E-state index contributed by atoms with van der Waals surface area (Å²) in [7, 11) is 0. The molecule has 0 unspecified atom stereocenters. The molecule has 9 heavy (non-hydrogen) atoms. The van der Waals surface area contributed by atoms with Crippen LogP contribution in [0.15, 0.2) is 18.3 Å². The SMILES string of the molecule is NNc1cc(F)ccn1. The van der Waals surface area contributed by atoms with Crippen molar-refractivity contribution >= 4 is 5.82 Å². The zero-order valence-electron chi connectivity index (χ0n) is 4.63. The van der Waals surface area contributed by atoms with Crippen molar-refractivity contribution in [2.75, 3.05) is 5.43 Å². The van der Waals surface area contributed by atoms with Crippen LogP contribution in [0.3, 0.4) is 0 Å². The van der Waals surface area contributed by atoms with E-state index in [1.54, 1.807) is 0 Å². The molecule has 0 aliphatic rings. The van der Waals surface area contributed by atoms with Crippen LogP contribution in [0.1, 0.15) is 0 Å². The molecule has 0 spiro atoms. The number of pyridine rings is 1. The lowest BCUT2D eigenvalue weighted by atomic mass is 10.4. The van der Waals surface area contributed by atoms with Crippen LogP contribution in [0.2, 0.25) is 0 Å². The summed E-state index contributed by atoms with van der Waals surface area (Å²) in [6, 6.07) is 2.46. The van der Waals surface area contributed by atoms with Gasteiger partial charge in [0.05, 0.1) is 0 Å². The average Bonchev–Trinajstić information content (AvgIpc) is 1.88. The number of aromatic nitrogens is 1. The zero-order valence-corrected chi connectivity index (χ0v) is 4.63. The van der Waals surface area contributed by atoms with E-state index in [0.717, 1.165) is 0 Å². The number of halogens is 1. The second kappa shape index (κ2) is 2.41. The van der Waals surface area contributed by atoms with Crippen molar-refractivity contribution in [2.24, 2.45) is 5.84 Å². The van der Waals surface area contributed by atoms with Crippen molar-refractivity contribution in [1.29, 1.82) is 0 Å². The molecule has 1 aromatic heterocycles. The lowest BCUT2D eigenvalue weighted by molar-refractivity contribution is 0.626. The van der Waals surface area contributed by atoms with Crippen molar-refractivity contribution < 1.29 is 4.39 Å². The Morgan fingerprint density at radius 3 is 2.89 bits per heavy atom. The Kier molecular flexibility index (Phi) is 1.60. The van der Waals surface area contributed by atoms with Crippen LogP contribution in [0, 0.1) is 5.82 Å². The van der Waals surface area contributed by atoms with Crippen molar-refractivity contribution in [3.8, 4) is 0 Å². The molecule has 48 valence electrons. The fourth-order valence-electron chi connectivity index (χ4n) is 0.484. The maximum atomic E-state index is 12.2. The molecule has 0 bridgehead atoms. The molecule has 0 atom stereocenters. The summed E-state index contributed by atoms with van der Waals surface area (Å²) < 4.78 is 12.2. The van der Waals surface area contributed by atoms with Crippen LogP contribution in [0.25, 0.3) is 0 Å². The van der Waals surface area contributed by atoms with Crippen LogP contribution in [0.5, 0.6) is 0 Å². The van der Waals surface area contributed by atoms with E-state index in [-0.39, 0.29) is 5.82 Å². The van der Waals surface area contributed by atoms with Crippen LogP contribution in [0.4, 0.5) is 10.2 Å². The Hall–Kier alpha value is -1.16. The second-order valence-corrected chi connectivity index (χ2v) is 1.50. The molecule has 1 aromatic rings. The van der Waals surface area contributed by atoms with Gasteiger partial charge < -0.3 is 5.43 Å². The highest BCUT2D eigenvalue weighted by Gasteiger charge is 1.90. The van der Waals surface area contributed by atoms with Gasteiger partial charge in [-0.3, -0.25) is 0 Å². The predicted molar refractivity (Wildman–Crippen MR) is 32.0 cm³/mol. The summed E-state index contributed by atoms with van der Waals surface area (Å²) in [6.45, 7) is 0. The lowest BCUT2D eigenvalue weighted by Crippen LogP contribution is -2.08. The van der Waals surface area contributed by atoms with Gasteiger partial charge in [-0.25, -0.2) is 15.2 Å². The molecule has 1 heterocycles. The Labute approximate surface area is 51.7 Å². The first-order valence-electron chi connectivity index (χ1n) is 2.41. The summed E-state index contributed by atoms with van der Waals surface area (Å²) in [5, 5.41) is 0. The maximum Gasteiger partial charge on any atom is 0.142 e. The Morgan fingerprint density at radius 1 is 1.67 bits per heavy atom. The number of nitrogens with one attached hydrogen (secondary N) is 1. The molecule has 0 saturated heterocycles. The van der Waals surface area contributed by atoms with Crippen LogP contribution >= 0.6 is 0 Å². The number of nitrogens with zero attached hydrogens (tertiary/aromatic N) is 1. The molecule has 0 saturated carbocycles. The van der Waals surface area contributed by atoms with Crippen LogP contribution in [-0.4, -0.2) is 4.98 Å². The van der Waals surface area contributed by atoms with E-state index in [4.69, 9.17) is 5.84 Å². The summed E-state index contributed by atoms with van der Waals surface area (Å²) in [4.78, 5) is 3.68. The summed E-state index contributed by atoms with van der Waals surface area (Å²) in [5.41, 5.74) is 2.22. The number of rotatable bonds is 1. The van der Waals surface area contributed by atoms with Crippen LogP contribution in [-0.2, 0) is 0 Å². The third-order valence-electron chi connectivity index (χ3n) is 0.870. The molecular weight excluding hydrogens is 121 g/mol. The predicted octanol–water partition coefficient (Wildman–Crippen LogP) is 0.506. The molecule has 0 aliphatic carbocycles. The summed E-state index contributed by atoms with van der Waals surface area (Å²) in [5.74, 6) is 4.92. The Morgan fingerprint density at radius 2 is 2.44 bits per heavy atom. The normalized spacial score (nSPS) is 9.11. The first kappa shape index (κ1) is 5.97. The average molecular weight is 127 g/mol. The molecule has 0 radical (unpaired) electrons. The van der Waals surface area contributed by atoms with Gasteiger partial charge in [0.1, 0.15) is 11.6 Å². The number of hydrogen-bond acceptors (Lipinski definition) is 3. The van der Waals surface area contributed by atoms with Crippen molar-refractivity contribution in [1.82, 2.24) is 4.98 Å². The Bertz CT molecular complexity index is 201. The van der Waals surface area contributed by atoms with Crippen molar-refractivity contribution in [3.05, 3.63) is 24.1 Å². The Balaban J connectivity index is 2.94. The van der Waals surface area contributed by atoms with Gasteiger partial charge in [-0.05, 0) is 6.07 Å². The number of anilines is 1. The third kappa shape index (κ3) is 1.36. The maximum absolute atomic E-state index is 12.2. The monoisotopic (exact) mass is 127 g/mol. The minimum Gasteiger partial charge on any atom is -0.308 e. The molecule has 0 fully saturated rings. The molecule has 1 rings (SSSR count). The molecule has 3 nitrogen and oxygen atoms in total. The minimum absolute atomic E-state index is 0.329. The van der Waals surface area contributed by atoms with E-state index >= 15 is 0 Å². The second-order valence-electron chi connectivity index (χ2n) is 1.50. The minimum atomic E-state index is -0.349. The quantitative estimate of drug-likeness (QED) is 0.426. The number of hydrazine groups is 1. The van der Waals surface area contributed by atoms with E-state index in [1.807, 2.05) is 0 Å². The zero-order chi connectivity index (χ0) is 6.69. The van der Waals surface area contributed by atoms with Gasteiger partial charge in [0.2, 0.25) is 0 Å². The topological polar surface area (TPSA) is 50.9 Å². The van der Waals surface area contributed by atoms with Gasteiger partial charge in [-0.1, -0.05) is 0 Å². The van der Waals surface area contributed by atoms with Gasteiger partial charge in [0, 0.05) is 12.3 Å². The summed E-state index contributed by atoms with van der Waals surface area (Å²) >= 11 is 0. The van der Waals surface area contributed by atoms with Gasteiger partial charge in [0.25, 0.3) is 0 Å².